The Morgan fingerprint density at radius 3 is 2.33 bits per heavy atom. The fraction of sp³-hybridized carbons (Fsp3) is 0.909. The predicted molar refractivity (Wildman–Crippen MR) is 63.2 cm³/mol. The lowest BCUT2D eigenvalue weighted by Crippen LogP contribution is -2.29. The van der Waals surface area contributed by atoms with Crippen LogP contribution in [0.2, 0.25) is 0 Å². The number of carbonyl (C=O) groups is 1. The number of ether oxygens (including phenoxy) is 1. The quantitative estimate of drug-likeness (QED) is 0.634. The van der Waals surface area contributed by atoms with Crippen LogP contribution in [0.1, 0.15) is 40.5 Å². The van der Waals surface area contributed by atoms with Gasteiger partial charge in [0.25, 0.3) is 0 Å². The smallest absolute Gasteiger partial charge is 0.321 e. The molecule has 0 heterocycles. The van der Waals surface area contributed by atoms with E-state index < -0.39 is 16.0 Å². The molecule has 0 rings (SSSR count). The number of hydrogen-bond acceptors (Lipinski definition) is 3. The van der Waals surface area contributed by atoms with Crippen LogP contribution >= 0.6 is 0 Å². The van der Waals surface area contributed by atoms with Gasteiger partial charge in [0, 0.05) is 16.6 Å². The van der Waals surface area contributed by atoms with Gasteiger partial charge in [0.15, 0.2) is 0 Å². The third kappa shape index (κ3) is 5.92. The summed E-state index contributed by atoms with van der Waals surface area (Å²) < 4.78 is 16.7. The van der Waals surface area contributed by atoms with E-state index in [9.17, 15) is 9.00 Å². The molecule has 0 radical (unpaired) electrons. The van der Waals surface area contributed by atoms with Crippen molar-refractivity contribution in [1.29, 1.82) is 0 Å². The third-order valence-electron chi connectivity index (χ3n) is 2.13. The Bertz CT molecular complexity index is 214. The lowest BCUT2D eigenvalue weighted by molar-refractivity contribution is -0.142. The predicted octanol–water partition coefficient (Wildman–Crippen LogP) is 2.12. The molecule has 15 heavy (non-hydrogen) atoms. The van der Waals surface area contributed by atoms with E-state index in [1.165, 1.54) is 0 Å². The van der Waals surface area contributed by atoms with Crippen LogP contribution in [0.25, 0.3) is 0 Å². The van der Waals surface area contributed by atoms with Gasteiger partial charge in [-0.15, -0.1) is 0 Å². The molecule has 0 N–H and O–H groups in total. The van der Waals surface area contributed by atoms with Crippen LogP contribution in [0, 0.1) is 5.92 Å². The zero-order valence-corrected chi connectivity index (χ0v) is 10.9. The summed E-state index contributed by atoms with van der Waals surface area (Å²) in [4.78, 5) is 11.4. The van der Waals surface area contributed by atoms with Gasteiger partial charge in [-0.25, -0.2) is 0 Å². The molecule has 4 heteroatoms. The Morgan fingerprint density at radius 1 is 1.33 bits per heavy atom. The van der Waals surface area contributed by atoms with Gasteiger partial charge < -0.3 is 4.74 Å². The van der Waals surface area contributed by atoms with Crippen molar-refractivity contribution in [2.24, 2.45) is 5.92 Å². The molecule has 0 aromatic rings. The first-order chi connectivity index (χ1) is 7.02. The van der Waals surface area contributed by atoms with Crippen molar-refractivity contribution in [2.75, 3.05) is 12.4 Å². The molecular formula is C11H22O3S. The van der Waals surface area contributed by atoms with Gasteiger partial charge in [-0.05, 0) is 25.7 Å². The molecule has 0 fully saturated rings. The summed E-state index contributed by atoms with van der Waals surface area (Å²) in [5.74, 6) is 0.797. The Hall–Kier alpha value is -0.380. The van der Waals surface area contributed by atoms with Gasteiger partial charge in [0.2, 0.25) is 0 Å². The summed E-state index contributed by atoms with van der Waals surface area (Å²) in [6, 6.07) is 0. The highest BCUT2D eigenvalue weighted by atomic mass is 32.2. The fourth-order valence-electron chi connectivity index (χ4n) is 1.19. The lowest BCUT2D eigenvalue weighted by atomic mass is 10.2. The highest BCUT2D eigenvalue weighted by Crippen LogP contribution is 2.09. The second-order valence-corrected chi connectivity index (χ2v) is 5.66. The van der Waals surface area contributed by atoms with E-state index in [-0.39, 0.29) is 5.97 Å². The first kappa shape index (κ1) is 14.6. The molecular weight excluding hydrogens is 212 g/mol. The second-order valence-electron chi connectivity index (χ2n) is 3.92. The van der Waals surface area contributed by atoms with Crippen molar-refractivity contribution in [2.45, 2.75) is 45.8 Å². The number of rotatable bonds is 7. The van der Waals surface area contributed by atoms with Crippen LogP contribution < -0.4 is 0 Å². The molecule has 0 amide bonds. The van der Waals surface area contributed by atoms with Gasteiger partial charge in [-0.3, -0.25) is 9.00 Å². The highest BCUT2D eigenvalue weighted by Gasteiger charge is 2.24. The van der Waals surface area contributed by atoms with Crippen molar-refractivity contribution in [3.05, 3.63) is 0 Å². The van der Waals surface area contributed by atoms with E-state index in [2.05, 4.69) is 13.8 Å². The Morgan fingerprint density at radius 2 is 1.93 bits per heavy atom. The molecule has 0 aromatic carbocycles. The Balaban J connectivity index is 4.15. The highest BCUT2D eigenvalue weighted by molar-refractivity contribution is 7.86. The summed E-state index contributed by atoms with van der Waals surface area (Å²) >= 11 is 0. The van der Waals surface area contributed by atoms with Gasteiger partial charge in [-0.1, -0.05) is 20.8 Å². The maximum absolute atomic E-state index is 11.8. The van der Waals surface area contributed by atoms with E-state index in [4.69, 9.17) is 4.74 Å². The van der Waals surface area contributed by atoms with Crippen molar-refractivity contribution in [1.82, 2.24) is 0 Å². The van der Waals surface area contributed by atoms with Crippen LogP contribution in [0.4, 0.5) is 0 Å². The summed E-state index contributed by atoms with van der Waals surface area (Å²) in [5, 5.41) is -0.441. The fourth-order valence-corrected chi connectivity index (χ4v) is 2.83. The summed E-state index contributed by atoms with van der Waals surface area (Å²) in [7, 11) is -1.08. The normalized spacial score (nSPS) is 15.0. The molecule has 0 saturated carbocycles. The Kier molecular flexibility index (Phi) is 7.65. The van der Waals surface area contributed by atoms with Crippen molar-refractivity contribution < 1.29 is 13.7 Å². The molecule has 0 aliphatic heterocycles. The number of hydrogen-bond donors (Lipinski definition) is 0. The molecule has 90 valence electrons. The molecule has 0 aromatic heterocycles. The van der Waals surface area contributed by atoms with Crippen LogP contribution in [0.15, 0.2) is 0 Å². The van der Waals surface area contributed by atoms with Gasteiger partial charge >= 0.3 is 5.97 Å². The van der Waals surface area contributed by atoms with Crippen LogP contribution in [0.3, 0.4) is 0 Å². The van der Waals surface area contributed by atoms with Crippen molar-refractivity contribution in [3.63, 3.8) is 0 Å². The zero-order valence-electron chi connectivity index (χ0n) is 10.1. The molecule has 0 aliphatic rings. The average molecular weight is 234 g/mol. The maximum atomic E-state index is 11.8. The largest absolute Gasteiger partial charge is 0.465 e. The molecule has 2 atom stereocenters. The lowest BCUT2D eigenvalue weighted by Gasteiger charge is -2.13. The third-order valence-corrected chi connectivity index (χ3v) is 3.93. The average Bonchev–Trinajstić information content (AvgIpc) is 2.16. The molecule has 2 unspecified atom stereocenters. The summed E-state index contributed by atoms with van der Waals surface area (Å²) in [6.07, 6.45) is 1.48. The topological polar surface area (TPSA) is 43.4 Å². The van der Waals surface area contributed by atoms with Crippen LogP contribution in [-0.2, 0) is 20.3 Å². The zero-order chi connectivity index (χ0) is 11.8. The van der Waals surface area contributed by atoms with Crippen molar-refractivity contribution >= 4 is 16.8 Å². The summed E-state index contributed by atoms with van der Waals surface area (Å²) in [6.45, 7) is 8.16. The monoisotopic (exact) mass is 234 g/mol. The first-order valence-corrected chi connectivity index (χ1v) is 6.94. The maximum Gasteiger partial charge on any atom is 0.321 e. The summed E-state index contributed by atoms with van der Waals surface area (Å²) in [5.41, 5.74) is 0. The minimum Gasteiger partial charge on any atom is -0.465 e. The molecule has 0 bridgehead atoms. The second kappa shape index (κ2) is 7.85. The van der Waals surface area contributed by atoms with Gasteiger partial charge in [0.1, 0.15) is 5.25 Å². The standard InChI is InChI=1S/C11H22O3S/c1-5-10(11(12)14-6-2)15(13)8-7-9(3)4/h9-10H,5-8H2,1-4H3. The van der Waals surface area contributed by atoms with Gasteiger partial charge in [0.05, 0.1) is 6.61 Å². The van der Waals surface area contributed by atoms with Gasteiger partial charge in [-0.2, -0.15) is 0 Å². The van der Waals surface area contributed by atoms with E-state index in [1.807, 2.05) is 6.92 Å². The number of carbonyl (C=O) groups excluding carboxylic acids is 1. The first-order valence-electron chi connectivity index (χ1n) is 5.56. The minimum atomic E-state index is -1.08. The minimum absolute atomic E-state index is 0.318. The van der Waals surface area contributed by atoms with E-state index in [0.717, 1.165) is 6.42 Å². The molecule has 3 nitrogen and oxygen atoms in total. The Labute approximate surface area is 95.0 Å². The van der Waals surface area contributed by atoms with E-state index >= 15 is 0 Å². The van der Waals surface area contributed by atoms with Crippen LogP contribution in [-0.4, -0.2) is 27.8 Å². The molecule has 0 spiro atoms. The van der Waals surface area contributed by atoms with E-state index in [0.29, 0.717) is 24.7 Å². The molecule has 0 saturated heterocycles. The van der Waals surface area contributed by atoms with E-state index in [1.54, 1.807) is 6.92 Å². The number of esters is 1. The van der Waals surface area contributed by atoms with Crippen LogP contribution in [0.5, 0.6) is 0 Å². The SMILES string of the molecule is CCOC(=O)C(CC)S(=O)CCC(C)C. The molecule has 0 aliphatic carbocycles. The van der Waals surface area contributed by atoms with Crippen molar-refractivity contribution in [3.8, 4) is 0 Å².